The quantitative estimate of drug-likeness (QED) is 0.506. The molecule has 1 N–H and O–H groups in total. The maximum Gasteiger partial charge on any atom is 0.262 e. The normalized spacial score (nSPS) is 16.1. The highest BCUT2D eigenvalue weighted by atomic mass is 16.5. The van der Waals surface area contributed by atoms with Crippen LogP contribution in [0.4, 0.5) is 0 Å². The molecule has 1 aliphatic rings. The number of hydrogen-bond acceptors (Lipinski definition) is 4. The van der Waals surface area contributed by atoms with E-state index in [-0.39, 0.29) is 17.5 Å². The van der Waals surface area contributed by atoms with Crippen LogP contribution in [0.3, 0.4) is 0 Å². The minimum absolute atomic E-state index is 0.123. The smallest absolute Gasteiger partial charge is 0.262 e. The molecule has 170 valence electrons. The number of morpholine rings is 1. The third-order valence-electron chi connectivity index (χ3n) is 5.88. The molecule has 0 aliphatic carbocycles. The van der Waals surface area contributed by atoms with Crippen LogP contribution in [-0.2, 0) is 16.1 Å². The lowest BCUT2D eigenvalue weighted by Gasteiger charge is -2.31. The summed E-state index contributed by atoms with van der Waals surface area (Å²) in [4.78, 5) is 15.4. The van der Waals surface area contributed by atoms with E-state index in [2.05, 4.69) is 41.6 Å². The average molecular weight is 435 g/mol. The Morgan fingerprint density at radius 2 is 1.88 bits per heavy atom. The van der Waals surface area contributed by atoms with E-state index in [0.717, 1.165) is 42.1 Å². The molecule has 1 saturated heterocycles. The summed E-state index contributed by atoms with van der Waals surface area (Å²) in [6, 6.07) is 13.9. The summed E-state index contributed by atoms with van der Waals surface area (Å²) in [7, 11) is 0. The second-order valence-electron chi connectivity index (χ2n) is 8.85. The highest BCUT2D eigenvalue weighted by molar-refractivity contribution is 6.02. The lowest BCUT2D eigenvalue weighted by atomic mass is 10.0. The van der Waals surface area contributed by atoms with Crippen molar-refractivity contribution in [1.29, 1.82) is 5.26 Å². The third-order valence-corrected chi connectivity index (χ3v) is 5.88. The molecule has 3 rings (SSSR count). The molecule has 6 heteroatoms. The van der Waals surface area contributed by atoms with Crippen molar-refractivity contribution in [2.24, 2.45) is 5.92 Å². The highest BCUT2D eigenvalue weighted by Gasteiger charge is 2.22. The van der Waals surface area contributed by atoms with Gasteiger partial charge in [0.05, 0.1) is 19.3 Å². The molecule has 6 nitrogen and oxygen atoms in total. The van der Waals surface area contributed by atoms with Crippen LogP contribution < -0.4 is 5.32 Å². The molecule has 1 unspecified atom stereocenters. The van der Waals surface area contributed by atoms with Crippen LogP contribution >= 0.6 is 0 Å². The zero-order valence-electron chi connectivity index (χ0n) is 19.6. The van der Waals surface area contributed by atoms with Crippen molar-refractivity contribution in [1.82, 2.24) is 14.8 Å². The van der Waals surface area contributed by atoms with Crippen molar-refractivity contribution in [3.63, 3.8) is 0 Å². The number of nitriles is 1. The number of carbonyl (C=O) groups is 1. The van der Waals surface area contributed by atoms with Crippen molar-refractivity contribution in [3.8, 4) is 6.07 Å². The SMILES string of the molecule is Cc1cc(/C=C(/C#N)C(=O)NC(CN2CCOCC2)c2ccccc2)c(C)n1CC(C)C. The fraction of sp³-hybridized carbons (Fsp3) is 0.462. The van der Waals surface area contributed by atoms with Crippen LogP contribution in [0.25, 0.3) is 6.08 Å². The van der Waals surface area contributed by atoms with Crippen molar-refractivity contribution in [2.75, 3.05) is 32.8 Å². The predicted molar refractivity (Wildman–Crippen MR) is 127 cm³/mol. The number of aromatic nitrogens is 1. The largest absolute Gasteiger partial charge is 0.379 e. The van der Waals surface area contributed by atoms with E-state index in [1.165, 1.54) is 0 Å². The van der Waals surface area contributed by atoms with Gasteiger partial charge in [-0.05, 0) is 43.0 Å². The standard InChI is InChI=1S/C26H34N4O2/c1-19(2)17-30-20(3)14-23(21(30)4)15-24(16-27)26(31)28-25(22-8-6-5-7-9-22)18-29-10-12-32-13-11-29/h5-9,14-15,19,25H,10-13,17-18H2,1-4H3,(H,28,31)/b24-15-. The van der Waals surface area contributed by atoms with Crippen LogP contribution in [-0.4, -0.2) is 48.2 Å². The lowest BCUT2D eigenvalue weighted by Crippen LogP contribution is -2.43. The summed E-state index contributed by atoms with van der Waals surface area (Å²) in [5, 5.41) is 12.9. The van der Waals surface area contributed by atoms with Crippen LogP contribution in [0.5, 0.6) is 0 Å². The topological polar surface area (TPSA) is 70.3 Å². The number of rotatable bonds is 8. The van der Waals surface area contributed by atoms with Gasteiger partial charge in [0, 0.05) is 37.6 Å². The molecule has 1 aromatic heterocycles. The van der Waals surface area contributed by atoms with Crippen LogP contribution in [0.1, 0.15) is 42.4 Å². The van der Waals surface area contributed by atoms with Gasteiger partial charge in [-0.15, -0.1) is 0 Å². The summed E-state index contributed by atoms with van der Waals surface area (Å²) in [6.45, 7) is 13.1. The number of amides is 1. The maximum absolute atomic E-state index is 13.1. The molecule has 1 amide bonds. The van der Waals surface area contributed by atoms with Gasteiger partial charge in [-0.2, -0.15) is 5.26 Å². The Bertz CT molecular complexity index is 979. The van der Waals surface area contributed by atoms with Crippen LogP contribution in [0.2, 0.25) is 0 Å². The van der Waals surface area contributed by atoms with Crippen molar-refractivity contribution >= 4 is 12.0 Å². The van der Waals surface area contributed by atoms with Crippen molar-refractivity contribution < 1.29 is 9.53 Å². The van der Waals surface area contributed by atoms with E-state index in [4.69, 9.17) is 4.74 Å². The Kier molecular flexibility index (Phi) is 8.26. The second kappa shape index (κ2) is 11.1. The lowest BCUT2D eigenvalue weighted by molar-refractivity contribution is -0.118. The molecular weight excluding hydrogens is 400 g/mol. The second-order valence-corrected chi connectivity index (χ2v) is 8.85. The van der Waals surface area contributed by atoms with E-state index >= 15 is 0 Å². The van der Waals surface area contributed by atoms with Gasteiger partial charge < -0.3 is 14.6 Å². The summed E-state index contributed by atoms with van der Waals surface area (Å²) in [5.74, 6) is 0.172. The van der Waals surface area contributed by atoms with Gasteiger partial charge >= 0.3 is 0 Å². The van der Waals surface area contributed by atoms with E-state index < -0.39 is 0 Å². The van der Waals surface area contributed by atoms with E-state index in [0.29, 0.717) is 25.7 Å². The Labute approximate surface area is 191 Å². The summed E-state index contributed by atoms with van der Waals surface area (Å²) < 4.78 is 7.70. The molecule has 0 spiro atoms. The van der Waals surface area contributed by atoms with Gasteiger partial charge in [0.15, 0.2) is 0 Å². The zero-order chi connectivity index (χ0) is 23.1. The van der Waals surface area contributed by atoms with Gasteiger partial charge in [-0.25, -0.2) is 0 Å². The Balaban J connectivity index is 1.81. The van der Waals surface area contributed by atoms with Crippen LogP contribution in [0, 0.1) is 31.1 Å². The molecule has 1 aromatic carbocycles. The first-order chi connectivity index (χ1) is 15.4. The molecule has 1 atom stereocenters. The minimum Gasteiger partial charge on any atom is -0.379 e. The number of hydrogen-bond donors (Lipinski definition) is 1. The summed E-state index contributed by atoms with van der Waals surface area (Å²) in [5.41, 5.74) is 4.27. The number of aryl methyl sites for hydroxylation is 1. The first kappa shape index (κ1) is 23.8. The van der Waals surface area contributed by atoms with Gasteiger partial charge in [0.2, 0.25) is 0 Å². The molecule has 2 heterocycles. The number of nitrogens with zero attached hydrogens (tertiary/aromatic N) is 3. The molecule has 1 aliphatic heterocycles. The van der Waals surface area contributed by atoms with Gasteiger partial charge in [0.1, 0.15) is 11.6 Å². The zero-order valence-corrected chi connectivity index (χ0v) is 19.6. The van der Waals surface area contributed by atoms with Gasteiger partial charge in [-0.3, -0.25) is 9.69 Å². The van der Waals surface area contributed by atoms with E-state index in [9.17, 15) is 10.1 Å². The molecular formula is C26H34N4O2. The Morgan fingerprint density at radius 1 is 1.19 bits per heavy atom. The monoisotopic (exact) mass is 434 g/mol. The first-order valence-electron chi connectivity index (χ1n) is 11.3. The molecule has 32 heavy (non-hydrogen) atoms. The number of nitrogens with one attached hydrogen (secondary N) is 1. The Hall–Kier alpha value is -2.88. The molecule has 0 radical (unpaired) electrons. The Morgan fingerprint density at radius 3 is 2.50 bits per heavy atom. The fourth-order valence-electron chi connectivity index (χ4n) is 4.12. The van der Waals surface area contributed by atoms with Crippen molar-refractivity contribution in [2.45, 2.75) is 40.3 Å². The predicted octanol–water partition coefficient (Wildman–Crippen LogP) is 3.86. The molecule has 0 bridgehead atoms. The number of benzene rings is 1. The van der Waals surface area contributed by atoms with Gasteiger partial charge in [-0.1, -0.05) is 44.2 Å². The average Bonchev–Trinajstić information content (AvgIpc) is 3.05. The fourth-order valence-corrected chi connectivity index (χ4v) is 4.12. The molecule has 1 fully saturated rings. The number of ether oxygens (including phenoxy) is 1. The summed E-state index contributed by atoms with van der Waals surface area (Å²) in [6.07, 6.45) is 1.71. The molecule has 0 saturated carbocycles. The number of carbonyl (C=O) groups excluding carboxylic acids is 1. The minimum atomic E-state index is -0.344. The highest BCUT2D eigenvalue weighted by Crippen LogP contribution is 2.21. The van der Waals surface area contributed by atoms with Crippen LogP contribution in [0.15, 0.2) is 42.0 Å². The molecule has 2 aromatic rings. The maximum atomic E-state index is 13.1. The third kappa shape index (κ3) is 6.09. The van der Waals surface area contributed by atoms with Gasteiger partial charge in [0.25, 0.3) is 5.91 Å². The summed E-state index contributed by atoms with van der Waals surface area (Å²) >= 11 is 0. The first-order valence-corrected chi connectivity index (χ1v) is 11.3. The van der Waals surface area contributed by atoms with E-state index in [1.54, 1.807) is 6.08 Å². The van der Waals surface area contributed by atoms with E-state index in [1.807, 2.05) is 43.3 Å². The van der Waals surface area contributed by atoms with Crippen molar-refractivity contribution in [3.05, 3.63) is 64.5 Å².